The molecule has 0 spiro atoms. The molecule has 2 aromatic rings. The number of carbonyl (C=O) groups excluding carboxylic acids is 2. The van der Waals surface area contributed by atoms with E-state index in [9.17, 15) is 9.59 Å². The Balaban J connectivity index is 1.42. The summed E-state index contributed by atoms with van der Waals surface area (Å²) in [5.41, 5.74) is 5.48. The molecule has 2 aliphatic rings. The first-order valence-electron chi connectivity index (χ1n) is 10.2. The number of rotatable bonds is 3. The second-order valence-corrected chi connectivity index (χ2v) is 7.69. The zero-order valence-electron chi connectivity index (χ0n) is 16.3. The molecular formula is C23H27N3O2. The first-order valence-corrected chi connectivity index (χ1v) is 10.2. The molecule has 0 aromatic heterocycles. The van der Waals surface area contributed by atoms with Crippen LogP contribution in [0.3, 0.4) is 0 Å². The summed E-state index contributed by atoms with van der Waals surface area (Å²) in [7, 11) is 0. The molecule has 1 unspecified atom stereocenters. The van der Waals surface area contributed by atoms with E-state index in [0.29, 0.717) is 12.3 Å². The largest absolute Gasteiger partial charge is 0.326 e. The summed E-state index contributed by atoms with van der Waals surface area (Å²) >= 11 is 0. The molecule has 2 heterocycles. The van der Waals surface area contributed by atoms with Gasteiger partial charge in [0.05, 0.1) is 0 Å². The third-order valence-electron chi connectivity index (χ3n) is 5.83. The molecule has 1 atom stereocenters. The van der Waals surface area contributed by atoms with Gasteiger partial charge in [-0.25, -0.2) is 4.79 Å². The van der Waals surface area contributed by atoms with E-state index in [1.165, 1.54) is 11.1 Å². The summed E-state index contributed by atoms with van der Waals surface area (Å²) in [5.74, 6) is 0.468. The highest BCUT2D eigenvalue weighted by molar-refractivity contribution is 5.94. The van der Waals surface area contributed by atoms with E-state index in [0.717, 1.165) is 55.7 Å². The van der Waals surface area contributed by atoms with Crippen LogP contribution in [0.1, 0.15) is 48.8 Å². The number of fused-ring (bicyclic) bond motifs is 1. The van der Waals surface area contributed by atoms with Gasteiger partial charge >= 0.3 is 6.03 Å². The van der Waals surface area contributed by atoms with E-state index in [4.69, 9.17) is 0 Å². The van der Waals surface area contributed by atoms with Gasteiger partial charge in [-0.15, -0.1) is 0 Å². The van der Waals surface area contributed by atoms with Gasteiger partial charge < -0.3 is 15.5 Å². The average Bonchev–Trinajstić information content (AvgIpc) is 3.12. The molecule has 28 heavy (non-hydrogen) atoms. The van der Waals surface area contributed by atoms with E-state index >= 15 is 0 Å². The Kier molecular flexibility index (Phi) is 5.33. The van der Waals surface area contributed by atoms with Crippen LogP contribution >= 0.6 is 0 Å². The van der Waals surface area contributed by atoms with E-state index in [1.807, 2.05) is 23.1 Å². The second-order valence-electron chi connectivity index (χ2n) is 7.69. The number of nitrogens with one attached hydrogen (secondary N) is 2. The van der Waals surface area contributed by atoms with E-state index < -0.39 is 0 Å². The standard InChI is InChI=1S/C23H27N3O2/c1-2-16-6-3-4-8-20(16)18-12-13-26(15-18)23(28)24-19-10-11-21-17(14-19)7-5-9-22(27)25-21/h3-4,6,8,10-11,14,18H,2,5,7,9,12-13,15H2,1H3,(H,24,28)(H,25,27). The van der Waals surface area contributed by atoms with E-state index in [2.05, 4.69) is 41.8 Å². The fourth-order valence-electron chi connectivity index (χ4n) is 4.31. The lowest BCUT2D eigenvalue weighted by Crippen LogP contribution is -2.32. The van der Waals surface area contributed by atoms with Crippen LogP contribution in [0.2, 0.25) is 0 Å². The summed E-state index contributed by atoms with van der Waals surface area (Å²) in [6.45, 7) is 3.71. The summed E-state index contributed by atoms with van der Waals surface area (Å²) in [6.07, 6.45) is 4.24. The highest BCUT2D eigenvalue weighted by atomic mass is 16.2. The highest BCUT2D eigenvalue weighted by Crippen LogP contribution is 2.31. The summed E-state index contributed by atoms with van der Waals surface area (Å²) in [4.78, 5) is 26.4. The number of carbonyl (C=O) groups is 2. The molecule has 0 aliphatic carbocycles. The van der Waals surface area contributed by atoms with Crippen LogP contribution in [0.4, 0.5) is 16.2 Å². The van der Waals surface area contributed by atoms with Crippen molar-refractivity contribution in [3.05, 3.63) is 59.2 Å². The summed E-state index contributed by atoms with van der Waals surface area (Å²) in [5, 5.41) is 5.97. The third-order valence-corrected chi connectivity index (χ3v) is 5.83. The molecule has 0 saturated carbocycles. The van der Waals surface area contributed by atoms with Gasteiger partial charge in [-0.2, -0.15) is 0 Å². The fourth-order valence-corrected chi connectivity index (χ4v) is 4.31. The van der Waals surface area contributed by atoms with Crippen LogP contribution in [0.15, 0.2) is 42.5 Å². The Morgan fingerprint density at radius 1 is 1.21 bits per heavy atom. The van der Waals surface area contributed by atoms with Gasteiger partial charge in [0, 0.05) is 36.8 Å². The van der Waals surface area contributed by atoms with Crippen molar-refractivity contribution < 1.29 is 9.59 Å². The highest BCUT2D eigenvalue weighted by Gasteiger charge is 2.28. The van der Waals surface area contributed by atoms with Crippen LogP contribution in [0.5, 0.6) is 0 Å². The van der Waals surface area contributed by atoms with Crippen molar-refractivity contribution in [2.75, 3.05) is 23.7 Å². The molecule has 5 heteroatoms. The summed E-state index contributed by atoms with van der Waals surface area (Å²) < 4.78 is 0. The van der Waals surface area contributed by atoms with Gasteiger partial charge in [0.1, 0.15) is 0 Å². The number of hydrogen-bond acceptors (Lipinski definition) is 2. The molecule has 0 radical (unpaired) electrons. The normalized spacial score (nSPS) is 19.0. The van der Waals surface area contributed by atoms with Crippen molar-refractivity contribution in [3.8, 4) is 0 Å². The van der Waals surface area contributed by atoms with Crippen molar-refractivity contribution in [2.24, 2.45) is 0 Å². The lowest BCUT2D eigenvalue weighted by atomic mass is 9.92. The van der Waals surface area contributed by atoms with Gasteiger partial charge in [0.25, 0.3) is 0 Å². The lowest BCUT2D eigenvalue weighted by molar-refractivity contribution is -0.116. The SMILES string of the molecule is CCc1ccccc1C1CCN(C(=O)Nc2ccc3c(c2)CCCC(=O)N3)C1. The lowest BCUT2D eigenvalue weighted by Gasteiger charge is -2.19. The zero-order chi connectivity index (χ0) is 19.5. The van der Waals surface area contributed by atoms with Crippen molar-refractivity contribution in [1.29, 1.82) is 0 Å². The quantitative estimate of drug-likeness (QED) is 0.825. The van der Waals surface area contributed by atoms with Crippen molar-refractivity contribution in [2.45, 2.75) is 44.9 Å². The Morgan fingerprint density at radius 2 is 2.07 bits per heavy atom. The number of likely N-dealkylation sites (tertiary alicyclic amines) is 1. The van der Waals surface area contributed by atoms with Crippen LogP contribution in [-0.4, -0.2) is 29.9 Å². The number of nitrogens with zero attached hydrogens (tertiary/aromatic N) is 1. The molecule has 1 fully saturated rings. The van der Waals surface area contributed by atoms with Gasteiger partial charge in [-0.1, -0.05) is 31.2 Å². The smallest absolute Gasteiger partial charge is 0.321 e. The number of aryl methyl sites for hydroxylation is 2. The van der Waals surface area contributed by atoms with Crippen molar-refractivity contribution >= 4 is 23.3 Å². The predicted octanol–water partition coefficient (Wildman–Crippen LogP) is 4.55. The average molecular weight is 377 g/mol. The molecule has 3 amide bonds. The molecule has 146 valence electrons. The molecule has 2 aliphatic heterocycles. The Hall–Kier alpha value is -2.82. The van der Waals surface area contributed by atoms with E-state index in [1.54, 1.807) is 0 Å². The first-order chi connectivity index (χ1) is 13.6. The van der Waals surface area contributed by atoms with Gasteiger partial charge in [0.2, 0.25) is 5.91 Å². The number of urea groups is 1. The third kappa shape index (κ3) is 3.88. The van der Waals surface area contributed by atoms with Gasteiger partial charge in [-0.05, 0) is 60.6 Å². The van der Waals surface area contributed by atoms with Gasteiger partial charge in [-0.3, -0.25) is 4.79 Å². The molecule has 1 saturated heterocycles. The maximum atomic E-state index is 12.8. The maximum absolute atomic E-state index is 12.8. The number of amides is 3. The predicted molar refractivity (Wildman–Crippen MR) is 112 cm³/mol. The monoisotopic (exact) mass is 377 g/mol. The molecular weight excluding hydrogens is 350 g/mol. The molecule has 2 N–H and O–H groups in total. The maximum Gasteiger partial charge on any atom is 0.321 e. The summed E-state index contributed by atoms with van der Waals surface area (Å²) in [6, 6.07) is 14.3. The Labute approximate surface area is 166 Å². The minimum absolute atomic E-state index is 0.0471. The number of anilines is 2. The minimum atomic E-state index is -0.0471. The van der Waals surface area contributed by atoms with E-state index in [-0.39, 0.29) is 11.9 Å². The van der Waals surface area contributed by atoms with Crippen molar-refractivity contribution in [1.82, 2.24) is 4.90 Å². The Bertz CT molecular complexity index is 893. The molecule has 2 aromatic carbocycles. The van der Waals surface area contributed by atoms with Gasteiger partial charge in [0.15, 0.2) is 0 Å². The number of hydrogen-bond donors (Lipinski definition) is 2. The zero-order valence-corrected chi connectivity index (χ0v) is 16.3. The number of benzene rings is 2. The topological polar surface area (TPSA) is 61.4 Å². The molecule has 5 nitrogen and oxygen atoms in total. The molecule has 4 rings (SSSR count). The van der Waals surface area contributed by atoms with Crippen molar-refractivity contribution in [3.63, 3.8) is 0 Å². The Morgan fingerprint density at radius 3 is 2.93 bits per heavy atom. The van der Waals surface area contributed by atoms with Crippen LogP contribution in [-0.2, 0) is 17.6 Å². The van der Waals surface area contributed by atoms with Crippen LogP contribution in [0.25, 0.3) is 0 Å². The second kappa shape index (κ2) is 8.05. The minimum Gasteiger partial charge on any atom is -0.326 e. The van der Waals surface area contributed by atoms with Crippen LogP contribution < -0.4 is 10.6 Å². The fraction of sp³-hybridized carbons (Fsp3) is 0.391. The first kappa shape index (κ1) is 18.5. The van der Waals surface area contributed by atoms with Crippen LogP contribution in [0, 0.1) is 0 Å². The molecule has 0 bridgehead atoms.